The van der Waals surface area contributed by atoms with Crippen molar-refractivity contribution in [1.82, 2.24) is 5.43 Å². The molecule has 2 aromatic carbocycles. The number of hydrazone groups is 1. The highest BCUT2D eigenvalue weighted by Crippen LogP contribution is 2.16. The second-order valence-electron chi connectivity index (χ2n) is 6.88. The van der Waals surface area contributed by atoms with Crippen molar-refractivity contribution in [3.05, 3.63) is 59.2 Å². The summed E-state index contributed by atoms with van der Waals surface area (Å²) >= 11 is 0. The highest BCUT2D eigenvalue weighted by molar-refractivity contribution is 5.83. The predicted octanol–water partition coefficient (Wildman–Crippen LogP) is 4.79. The molecule has 1 N–H and O–H groups in total. The van der Waals surface area contributed by atoms with Gasteiger partial charge in [0, 0.05) is 0 Å². The third-order valence-corrected chi connectivity index (χ3v) is 4.11. The first kappa shape index (κ1) is 21.5. The number of rotatable bonds is 11. The minimum absolute atomic E-state index is 0.0783. The Morgan fingerprint density at radius 1 is 0.964 bits per heavy atom. The number of carbonyl (C=O) groups excluding carboxylic acids is 1. The first-order valence-electron chi connectivity index (χ1n) is 9.82. The van der Waals surface area contributed by atoms with Crippen LogP contribution in [0.15, 0.2) is 47.6 Å². The zero-order chi connectivity index (χ0) is 20.2. The van der Waals surface area contributed by atoms with E-state index in [-0.39, 0.29) is 12.5 Å². The lowest BCUT2D eigenvalue weighted by molar-refractivity contribution is -0.123. The summed E-state index contributed by atoms with van der Waals surface area (Å²) in [6.07, 6.45) is 6.35. The highest BCUT2D eigenvalue weighted by Gasteiger charge is 2.02. The number of carbonyl (C=O) groups is 1. The van der Waals surface area contributed by atoms with Gasteiger partial charge in [-0.15, -0.1) is 0 Å². The minimum Gasteiger partial charge on any atom is -0.494 e. The monoisotopic (exact) mass is 382 g/mol. The second-order valence-corrected chi connectivity index (χ2v) is 6.88. The van der Waals surface area contributed by atoms with E-state index in [4.69, 9.17) is 9.47 Å². The summed E-state index contributed by atoms with van der Waals surface area (Å²) in [6.45, 7) is 6.84. The molecule has 2 rings (SSSR count). The summed E-state index contributed by atoms with van der Waals surface area (Å²) in [5.74, 6) is 1.23. The lowest BCUT2D eigenvalue weighted by Gasteiger charge is -2.07. The first-order valence-corrected chi connectivity index (χ1v) is 9.82. The van der Waals surface area contributed by atoms with Gasteiger partial charge in [-0.05, 0) is 73.4 Å². The summed E-state index contributed by atoms with van der Waals surface area (Å²) in [7, 11) is 0. The van der Waals surface area contributed by atoms with Crippen molar-refractivity contribution in [2.45, 2.75) is 46.5 Å². The molecule has 5 heteroatoms. The van der Waals surface area contributed by atoms with E-state index in [9.17, 15) is 4.79 Å². The van der Waals surface area contributed by atoms with Crippen LogP contribution in [0.3, 0.4) is 0 Å². The third kappa shape index (κ3) is 8.25. The van der Waals surface area contributed by atoms with E-state index in [0.29, 0.717) is 5.75 Å². The van der Waals surface area contributed by atoms with E-state index in [2.05, 4.69) is 23.5 Å². The molecule has 0 aliphatic rings. The van der Waals surface area contributed by atoms with Crippen LogP contribution in [0.2, 0.25) is 0 Å². The number of hydrogen-bond acceptors (Lipinski definition) is 4. The molecule has 0 radical (unpaired) electrons. The SMILES string of the molecule is CCCCCCOc1ccc(/C=N/NC(=O)COc2cc(C)cc(C)c2)cc1. The maximum absolute atomic E-state index is 11.9. The Balaban J connectivity index is 1.70. The van der Waals surface area contributed by atoms with E-state index in [1.165, 1.54) is 19.3 Å². The van der Waals surface area contributed by atoms with Crippen LogP contribution < -0.4 is 14.9 Å². The quantitative estimate of drug-likeness (QED) is 0.345. The number of unbranched alkanes of at least 4 members (excludes halogenated alkanes) is 3. The minimum atomic E-state index is -0.303. The molecule has 2 aromatic rings. The summed E-state index contributed by atoms with van der Waals surface area (Å²) in [6, 6.07) is 13.5. The molecule has 0 aliphatic carbocycles. The number of nitrogens with zero attached hydrogens (tertiary/aromatic N) is 1. The molecule has 0 unspecified atom stereocenters. The fourth-order valence-electron chi connectivity index (χ4n) is 2.75. The van der Waals surface area contributed by atoms with Crippen molar-refractivity contribution in [2.24, 2.45) is 5.10 Å². The van der Waals surface area contributed by atoms with Crippen molar-refractivity contribution in [3.8, 4) is 11.5 Å². The molecule has 5 nitrogen and oxygen atoms in total. The van der Waals surface area contributed by atoms with Gasteiger partial charge in [0.25, 0.3) is 5.91 Å². The van der Waals surface area contributed by atoms with Crippen molar-refractivity contribution < 1.29 is 14.3 Å². The number of hydrogen-bond donors (Lipinski definition) is 1. The molecule has 0 spiro atoms. The molecule has 0 saturated heterocycles. The maximum atomic E-state index is 11.9. The smallest absolute Gasteiger partial charge is 0.277 e. The molecule has 0 saturated carbocycles. The van der Waals surface area contributed by atoms with Crippen molar-refractivity contribution in [2.75, 3.05) is 13.2 Å². The molecule has 0 aromatic heterocycles. The van der Waals surface area contributed by atoms with Gasteiger partial charge in [0.1, 0.15) is 11.5 Å². The van der Waals surface area contributed by atoms with Gasteiger partial charge < -0.3 is 9.47 Å². The predicted molar refractivity (Wildman–Crippen MR) is 113 cm³/mol. The van der Waals surface area contributed by atoms with Gasteiger partial charge in [-0.2, -0.15) is 5.10 Å². The highest BCUT2D eigenvalue weighted by atomic mass is 16.5. The van der Waals surface area contributed by atoms with Crippen LogP contribution >= 0.6 is 0 Å². The normalized spacial score (nSPS) is 10.8. The average Bonchev–Trinajstić information content (AvgIpc) is 2.67. The Morgan fingerprint density at radius 3 is 2.36 bits per heavy atom. The van der Waals surface area contributed by atoms with Crippen LogP contribution in [-0.2, 0) is 4.79 Å². The van der Waals surface area contributed by atoms with E-state index < -0.39 is 0 Å². The van der Waals surface area contributed by atoms with Crippen LogP contribution in [0.5, 0.6) is 11.5 Å². The Labute approximate surface area is 167 Å². The van der Waals surface area contributed by atoms with Gasteiger partial charge in [-0.25, -0.2) is 5.43 Å². The molecule has 0 bridgehead atoms. The number of aryl methyl sites for hydroxylation is 2. The molecule has 150 valence electrons. The molecule has 0 heterocycles. The maximum Gasteiger partial charge on any atom is 0.277 e. The molecule has 0 aliphatic heterocycles. The van der Waals surface area contributed by atoms with Crippen molar-refractivity contribution >= 4 is 12.1 Å². The lowest BCUT2D eigenvalue weighted by Crippen LogP contribution is -2.24. The third-order valence-electron chi connectivity index (χ3n) is 4.11. The first-order chi connectivity index (χ1) is 13.6. The fourth-order valence-corrected chi connectivity index (χ4v) is 2.75. The van der Waals surface area contributed by atoms with E-state index in [1.807, 2.05) is 50.2 Å². The van der Waals surface area contributed by atoms with Gasteiger partial charge in [0.15, 0.2) is 6.61 Å². The summed E-state index contributed by atoms with van der Waals surface area (Å²) in [4.78, 5) is 11.9. The van der Waals surface area contributed by atoms with E-state index in [0.717, 1.165) is 35.5 Å². The van der Waals surface area contributed by atoms with Crippen LogP contribution in [0, 0.1) is 13.8 Å². The topological polar surface area (TPSA) is 59.9 Å². The summed E-state index contributed by atoms with van der Waals surface area (Å²) < 4.78 is 11.2. The van der Waals surface area contributed by atoms with Crippen LogP contribution in [0.1, 0.15) is 49.3 Å². The van der Waals surface area contributed by atoms with Crippen molar-refractivity contribution in [3.63, 3.8) is 0 Å². The number of nitrogens with one attached hydrogen (secondary N) is 1. The Hall–Kier alpha value is -2.82. The average molecular weight is 383 g/mol. The molecule has 28 heavy (non-hydrogen) atoms. The summed E-state index contributed by atoms with van der Waals surface area (Å²) in [5, 5.41) is 3.97. The lowest BCUT2D eigenvalue weighted by atomic mass is 10.1. The zero-order valence-corrected chi connectivity index (χ0v) is 17.0. The molecule has 0 atom stereocenters. The Kier molecular flexibility index (Phi) is 9.05. The number of ether oxygens (including phenoxy) is 2. The van der Waals surface area contributed by atoms with Gasteiger partial charge >= 0.3 is 0 Å². The fraction of sp³-hybridized carbons (Fsp3) is 0.391. The van der Waals surface area contributed by atoms with Gasteiger partial charge in [0.05, 0.1) is 12.8 Å². The zero-order valence-electron chi connectivity index (χ0n) is 17.0. The van der Waals surface area contributed by atoms with Crippen molar-refractivity contribution in [1.29, 1.82) is 0 Å². The largest absolute Gasteiger partial charge is 0.494 e. The second kappa shape index (κ2) is 11.8. The molecule has 1 amide bonds. The van der Waals surface area contributed by atoms with E-state index >= 15 is 0 Å². The molecular weight excluding hydrogens is 352 g/mol. The molecule has 0 fully saturated rings. The summed E-state index contributed by atoms with van der Waals surface area (Å²) in [5.41, 5.74) is 5.55. The Bertz CT molecular complexity index is 750. The van der Waals surface area contributed by atoms with Gasteiger partial charge in [0.2, 0.25) is 0 Å². The van der Waals surface area contributed by atoms with E-state index in [1.54, 1.807) is 6.21 Å². The van der Waals surface area contributed by atoms with Crippen LogP contribution in [0.4, 0.5) is 0 Å². The standard InChI is InChI=1S/C23H30N2O3/c1-4-5-6-7-12-27-21-10-8-20(9-11-21)16-24-25-23(26)17-28-22-14-18(2)13-19(3)15-22/h8-11,13-16H,4-7,12,17H2,1-3H3,(H,25,26)/b24-16+. The van der Waals surface area contributed by atoms with Gasteiger partial charge in [-0.3, -0.25) is 4.79 Å². The molecular formula is C23H30N2O3. The van der Waals surface area contributed by atoms with Crippen LogP contribution in [-0.4, -0.2) is 25.3 Å². The number of amides is 1. The van der Waals surface area contributed by atoms with Gasteiger partial charge in [-0.1, -0.05) is 32.3 Å². The van der Waals surface area contributed by atoms with Crippen LogP contribution in [0.25, 0.3) is 0 Å². The number of benzene rings is 2. The Morgan fingerprint density at radius 2 is 1.68 bits per heavy atom.